The summed E-state index contributed by atoms with van der Waals surface area (Å²) in [5, 5.41) is 11.7. The van der Waals surface area contributed by atoms with Crippen LogP contribution < -0.4 is 5.32 Å². The van der Waals surface area contributed by atoms with Crippen molar-refractivity contribution in [3.8, 4) is 0 Å². The number of carboxylic acid groups (broad SMARTS) is 1. The van der Waals surface area contributed by atoms with E-state index in [1.165, 1.54) is 25.1 Å². The first-order valence-corrected chi connectivity index (χ1v) is 7.46. The van der Waals surface area contributed by atoms with Crippen molar-refractivity contribution in [2.75, 3.05) is 6.54 Å². The summed E-state index contributed by atoms with van der Waals surface area (Å²) in [5.41, 5.74) is 0.357. The van der Waals surface area contributed by atoms with Gasteiger partial charge >= 0.3 is 5.97 Å². The Labute approximate surface area is 139 Å². The molecule has 1 aromatic carbocycles. The van der Waals surface area contributed by atoms with Gasteiger partial charge in [-0.25, -0.2) is 14.2 Å². The fourth-order valence-electron chi connectivity index (χ4n) is 2.41. The summed E-state index contributed by atoms with van der Waals surface area (Å²) in [6, 6.07) is 9.14. The largest absolute Gasteiger partial charge is 0.478 e. The summed E-state index contributed by atoms with van der Waals surface area (Å²) in [7, 11) is 0. The number of rotatable bonds is 5. The smallest absolute Gasteiger partial charge is 0.337 e. The molecule has 0 aliphatic carbocycles. The van der Waals surface area contributed by atoms with E-state index in [1.807, 2.05) is 13.8 Å². The lowest BCUT2D eigenvalue weighted by atomic mass is 9.84. The summed E-state index contributed by atoms with van der Waals surface area (Å²) < 4.78 is 13.9. The number of aromatic carboxylic acids is 1. The maximum Gasteiger partial charge on any atom is 0.337 e. The molecule has 0 atom stereocenters. The molecule has 5 nitrogen and oxygen atoms in total. The molecule has 0 bridgehead atoms. The Morgan fingerprint density at radius 2 is 1.88 bits per heavy atom. The number of nitrogens with one attached hydrogen (secondary N) is 1. The second-order valence-corrected chi connectivity index (χ2v) is 6.18. The van der Waals surface area contributed by atoms with Gasteiger partial charge in [-0.2, -0.15) is 0 Å². The van der Waals surface area contributed by atoms with Crippen LogP contribution in [0.4, 0.5) is 4.39 Å². The number of carboxylic acids is 1. The van der Waals surface area contributed by atoms with E-state index < -0.39 is 17.3 Å². The van der Waals surface area contributed by atoms with Crippen LogP contribution in [0.25, 0.3) is 0 Å². The van der Waals surface area contributed by atoms with E-state index in [0.717, 1.165) is 0 Å². The first-order valence-electron chi connectivity index (χ1n) is 7.46. The van der Waals surface area contributed by atoms with E-state index in [1.54, 1.807) is 18.2 Å². The van der Waals surface area contributed by atoms with Crippen LogP contribution in [0.2, 0.25) is 0 Å². The summed E-state index contributed by atoms with van der Waals surface area (Å²) >= 11 is 0. The summed E-state index contributed by atoms with van der Waals surface area (Å²) in [4.78, 5) is 27.2. The summed E-state index contributed by atoms with van der Waals surface area (Å²) in [6.45, 7) is 5.41. The normalized spacial score (nSPS) is 11.2. The number of halogens is 1. The minimum absolute atomic E-state index is 0.0539. The van der Waals surface area contributed by atoms with Crippen LogP contribution in [0.5, 0.6) is 0 Å². The average molecular weight is 330 g/mol. The Bertz CT molecular complexity index is 788. The Morgan fingerprint density at radius 3 is 2.46 bits per heavy atom. The lowest BCUT2D eigenvalue weighted by Gasteiger charge is -2.26. The molecule has 1 amide bonds. The van der Waals surface area contributed by atoms with Gasteiger partial charge in [0.05, 0.1) is 11.3 Å². The van der Waals surface area contributed by atoms with Crippen molar-refractivity contribution >= 4 is 11.9 Å². The zero-order valence-corrected chi connectivity index (χ0v) is 13.8. The summed E-state index contributed by atoms with van der Waals surface area (Å²) in [6.07, 6.45) is 0. The van der Waals surface area contributed by atoms with Crippen molar-refractivity contribution in [2.24, 2.45) is 0 Å². The number of aromatic nitrogens is 1. The number of nitrogens with zero attached hydrogens (tertiary/aromatic N) is 1. The maximum atomic E-state index is 13.9. The molecule has 126 valence electrons. The minimum atomic E-state index is -1.09. The minimum Gasteiger partial charge on any atom is -0.478 e. The van der Waals surface area contributed by atoms with Gasteiger partial charge in [0.2, 0.25) is 0 Å². The first kappa shape index (κ1) is 17.6. The second kappa shape index (κ2) is 6.78. The first-order chi connectivity index (χ1) is 11.2. The van der Waals surface area contributed by atoms with Crippen LogP contribution >= 0.6 is 0 Å². The molecule has 1 heterocycles. The number of hydrogen-bond donors (Lipinski definition) is 2. The lowest BCUT2D eigenvalue weighted by molar-refractivity contribution is 0.0694. The third kappa shape index (κ3) is 3.76. The van der Waals surface area contributed by atoms with Gasteiger partial charge in [0, 0.05) is 12.0 Å². The molecule has 2 N–H and O–H groups in total. The molecular weight excluding hydrogens is 311 g/mol. The number of carbonyl (C=O) groups excluding carboxylic acids is 1. The molecule has 1 aromatic heterocycles. The van der Waals surface area contributed by atoms with Gasteiger partial charge in [-0.15, -0.1) is 0 Å². The van der Waals surface area contributed by atoms with E-state index in [-0.39, 0.29) is 29.3 Å². The zero-order valence-electron chi connectivity index (χ0n) is 13.8. The van der Waals surface area contributed by atoms with Crippen molar-refractivity contribution in [2.45, 2.75) is 26.2 Å². The highest BCUT2D eigenvalue weighted by Crippen LogP contribution is 2.24. The molecular formula is C18H19FN2O3. The number of benzene rings is 1. The fraction of sp³-hybridized carbons (Fsp3) is 0.278. The van der Waals surface area contributed by atoms with Gasteiger partial charge in [-0.1, -0.05) is 32.0 Å². The molecule has 0 aliphatic rings. The predicted molar refractivity (Wildman–Crippen MR) is 87.7 cm³/mol. The Morgan fingerprint density at radius 1 is 1.21 bits per heavy atom. The molecule has 0 radical (unpaired) electrons. The molecule has 24 heavy (non-hydrogen) atoms. The Kier molecular flexibility index (Phi) is 4.97. The lowest BCUT2D eigenvalue weighted by Crippen LogP contribution is -2.37. The average Bonchev–Trinajstić information content (AvgIpc) is 2.52. The van der Waals surface area contributed by atoms with Gasteiger partial charge in [0.15, 0.2) is 0 Å². The van der Waals surface area contributed by atoms with Gasteiger partial charge in [0.1, 0.15) is 11.5 Å². The molecule has 0 aliphatic heterocycles. The molecule has 2 aromatic rings. The SMILES string of the molecule is Cc1nc(C(=O)NCC(C)(C)c2ccccc2F)ccc1C(=O)O. The summed E-state index contributed by atoms with van der Waals surface area (Å²) in [5.74, 6) is -1.84. The molecule has 2 rings (SSSR count). The number of hydrogen-bond acceptors (Lipinski definition) is 3. The third-order valence-electron chi connectivity index (χ3n) is 3.84. The van der Waals surface area contributed by atoms with Crippen molar-refractivity contribution < 1.29 is 19.1 Å². The van der Waals surface area contributed by atoms with Gasteiger partial charge in [-0.3, -0.25) is 4.79 Å². The van der Waals surface area contributed by atoms with Gasteiger partial charge < -0.3 is 10.4 Å². The standard InChI is InChI=1S/C18H19FN2O3/c1-11-12(17(23)24)8-9-15(21-11)16(22)20-10-18(2,3)13-6-4-5-7-14(13)19/h4-9H,10H2,1-3H3,(H,20,22)(H,23,24). The highest BCUT2D eigenvalue weighted by Gasteiger charge is 2.25. The van der Waals surface area contributed by atoms with E-state index in [2.05, 4.69) is 10.3 Å². The number of carbonyl (C=O) groups is 2. The van der Waals surface area contributed by atoms with E-state index in [4.69, 9.17) is 5.11 Å². The molecule has 0 spiro atoms. The molecule has 0 unspecified atom stereocenters. The molecule has 0 saturated heterocycles. The van der Waals surface area contributed by atoms with Crippen LogP contribution in [0, 0.1) is 12.7 Å². The molecule has 6 heteroatoms. The van der Waals surface area contributed by atoms with E-state index in [9.17, 15) is 14.0 Å². The van der Waals surface area contributed by atoms with Gasteiger partial charge in [0.25, 0.3) is 5.91 Å². The van der Waals surface area contributed by atoms with Crippen LogP contribution in [0.1, 0.15) is 46.0 Å². The van der Waals surface area contributed by atoms with Crippen LogP contribution in [0.3, 0.4) is 0 Å². The van der Waals surface area contributed by atoms with Crippen molar-refractivity contribution in [1.82, 2.24) is 10.3 Å². The molecule has 0 fully saturated rings. The van der Waals surface area contributed by atoms with E-state index in [0.29, 0.717) is 5.56 Å². The van der Waals surface area contributed by atoms with Crippen LogP contribution in [0.15, 0.2) is 36.4 Å². The van der Waals surface area contributed by atoms with E-state index >= 15 is 0 Å². The Balaban J connectivity index is 2.12. The Hall–Kier alpha value is -2.76. The monoisotopic (exact) mass is 330 g/mol. The third-order valence-corrected chi connectivity index (χ3v) is 3.84. The second-order valence-electron chi connectivity index (χ2n) is 6.18. The number of aryl methyl sites for hydroxylation is 1. The van der Waals surface area contributed by atoms with Crippen molar-refractivity contribution in [1.29, 1.82) is 0 Å². The topological polar surface area (TPSA) is 79.3 Å². The number of pyridine rings is 1. The van der Waals surface area contributed by atoms with Crippen molar-refractivity contribution in [3.05, 3.63) is 64.7 Å². The molecule has 0 saturated carbocycles. The van der Waals surface area contributed by atoms with Gasteiger partial charge in [-0.05, 0) is 30.7 Å². The fourth-order valence-corrected chi connectivity index (χ4v) is 2.41. The van der Waals surface area contributed by atoms with Crippen molar-refractivity contribution in [3.63, 3.8) is 0 Å². The van der Waals surface area contributed by atoms with Crippen LogP contribution in [-0.4, -0.2) is 28.5 Å². The predicted octanol–water partition coefficient (Wildman–Crippen LogP) is 2.93. The maximum absolute atomic E-state index is 13.9. The quantitative estimate of drug-likeness (QED) is 0.883. The zero-order chi connectivity index (χ0) is 17.9. The van der Waals surface area contributed by atoms with Crippen LogP contribution in [-0.2, 0) is 5.41 Å². The highest BCUT2D eigenvalue weighted by molar-refractivity contribution is 5.94. The highest BCUT2D eigenvalue weighted by atomic mass is 19.1. The number of amides is 1.